The van der Waals surface area contributed by atoms with E-state index in [1.165, 1.54) is 42.6 Å². The molecule has 0 aliphatic carbocycles. The number of β-lactam (4-membered cyclic amide) rings is 1. The third-order valence-electron chi connectivity index (χ3n) is 4.75. The molecule has 136 valence electrons. The molecule has 0 saturated carbocycles. The van der Waals surface area contributed by atoms with Gasteiger partial charge in [-0.1, -0.05) is 6.08 Å². The number of nitrogens with two attached hydrogens (primary N) is 1. The minimum atomic E-state index is -1.05. The van der Waals surface area contributed by atoms with Crippen molar-refractivity contribution < 1.29 is 31.6 Å². The lowest BCUT2D eigenvalue weighted by Gasteiger charge is -2.47. The molecular formula is C15H23Cl2N3O3S. The Bertz CT molecular complexity index is 576. The molecule has 3 aliphatic rings. The van der Waals surface area contributed by atoms with E-state index in [2.05, 4.69) is 13.1 Å². The van der Waals surface area contributed by atoms with Crippen LogP contribution in [0, 0.1) is 0 Å². The molecule has 0 aromatic carbocycles. The molecule has 3 heterocycles. The van der Waals surface area contributed by atoms with E-state index < -0.39 is 12.0 Å². The number of carboxylic acids is 1. The van der Waals surface area contributed by atoms with Gasteiger partial charge in [-0.3, -0.25) is 9.69 Å². The van der Waals surface area contributed by atoms with Gasteiger partial charge in [0.15, 0.2) is 0 Å². The van der Waals surface area contributed by atoms with Gasteiger partial charge in [-0.05, 0) is 11.6 Å². The maximum Gasteiger partial charge on any atom is 0.352 e. The number of quaternary nitrogens is 1. The fraction of sp³-hybridized carbons (Fsp3) is 0.600. The average molecular weight is 396 g/mol. The molecule has 3 aliphatic heterocycles. The third kappa shape index (κ3) is 3.75. The van der Waals surface area contributed by atoms with Crippen molar-refractivity contribution in [3.63, 3.8) is 0 Å². The monoisotopic (exact) mass is 395 g/mol. The normalized spacial score (nSPS) is 28.1. The largest absolute Gasteiger partial charge is 1.00 e. The summed E-state index contributed by atoms with van der Waals surface area (Å²) in [5, 5.41) is 9.23. The minimum absolute atomic E-state index is 0. The smallest absolute Gasteiger partial charge is 0.352 e. The Labute approximate surface area is 158 Å². The highest BCUT2D eigenvalue weighted by molar-refractivity contribution is 8.00. The highest BCUT2D eigenvalue weighted by atomic mass is 35.5. The number of halogens is 2. The van der Waals surface area contributed by atoms with Gasteiger partial charge in [-0.15, -0.1) is 24.2 Å². The topological polar surface area (TPSA) is 83.6 Å². The predicted octanol–water partition coefficient (Wildman–Crippen LogP) is -2.21. The summed E-state index contributed by atoms with van der Waals surface area (Å²) in [4.78, 5) is 24.7. The van der Waals surface area contributed by atoms with Crippen molar-refractivity contribution in [3.8, 4) is 0 Å². The van der Waals surface area contributed by atoms with Crippen molar-refractivity contribution in [2.45, 2.75) is 24.3 Å². The fourth-order valence-electron chi connectivity index (χ4n) is 3.40. The number of amides is 1. The minimum Gasteiger partial charge on any atom is -1.00 e. The molecule has 0 aromatic heterocycles. The molecule has 0 aromatic rings. The van der Waals surface area contributed by atoms with Crippen molar-refractivity contribution in [2.24, 2.45) is 5.73 Å². The van der Waals surface area contributed by atoms with Gasteiger partial charge in [0.25, 0.3) is 0 Å². The molecule has 2 saturated heterocycles. The number of aliphatic carboxylic acids is 1. The molecular weight excluding hydrogens is 373 g/mol. The fourth-order valence-corrected chi connectivity index (χ4v) is 4.66. The van der Waals surface area contributed by atoms with Crippen LogP contribution in [0.4, 0.5) is 0 Å². The number of carbonyl (C=O) groups is 2. The van der Waals surface area contributed by atoms with E-state index in [1.54, 1.807) is 0 Å². The second kappa shape index (κ2) is 8.10. The Morgan fingerprint density at radius 2 is 2.08 bits per heavy atom. The Hall–Kier alpha value is -0.730. The van der Waals surface area contributed by atoms with Crippen LogP contribution >= 0.6 is 24.2 Å². The summed E-state index contributed by atoms with van der Waals surface area (Å²) in [7, 11) is 2.23. The molecule has 24 heavy (non-hydrogen) atoms. The van der Waals surface area contributed by atoms with Crippen LogP contribution < -0.4 is 18.1 Å². The highest BCUT2D eigenvalue weighted by Gasteiger charge is 2.51. The van der Waals surface area contributed by atoms with Crippen LogP contribution in [0.3, 0.4) is 0 Å². The summed E-state index contributed by atoms with van der Waals surface area (Å²) >= 11 is 1.54. The van der Waals surface area contributed by atoms with E-state index in [0.29, 0.717) is 11.3 Å². The van der Waals surface area contributed by atoms with Crippen molar-refractivity contribution in [1.82, 2.24) is 4.90 Å². The van der Waals surface area contributed by atoms with Crippen LogP contribution in [0.2, 0.25) is 0 Å². The first-order valence-corrected chi connectivity index (χ1v) is 8.65. The Balaban J connectivity index is 0.00000144. The van der Waals surface area contributed by atoms with Gasteiger partial charge in [0.2, 0.25) is 5.91 Å². The molecule has 3 N–H and O–H groups in total. The summed E-state index contributed by atoms with van der Waals surface area (Å²) in [6.07, 6.45) is 6.44. The summed E-state index contributed by atoms with van der Waals surface area (Å²) in [5.41, 5.74) is 6.55. The number of rotatable bonds is 4. The highest BCUT2D eigenvalue weighted by Crippen LogP contribution is 2.39. The molecule has 3 rings (SSSR count). The Morgan fingerprint density at radius 1 is 1.46 bits per heavy atom. The SMILES string of the molecule is C[N+]1(C/C=C/C2=C(C(=O)O)N3C(=O)[C@@H](N)[C@H]3SC2)CCCC1.Cl.[Cl-]. The first-order chi connectivity index (χ1) is 10.4. The zero-order valence-corrected chi connectivity index (χ0v) is 15.9. The number of likely N-dealkylation sites (N-methyl/N-ethyl adjacent to an activating group) is 1. The van der Waals surface area contributed by atoms with Crippen molar-refractivity contribution in [1.29, 1.82) is 0 Å². The summed E-state index contributed by atoms with van der Waals surface area (Å²) in [5.74, 6) is -0.755. The predicted molar refractivity (Wildman–Crippen MR) is 92.1 cm³/mol. The maximum atomic E-state index is 11.9. The number of hydrogen-bond donors (Lipinski definition) is 2. The summed E-state index contributed by atoms with van der Waals surface area (Å²) in [6, 6.07) is -0.570. The van der Waals surface area contributed by atoms with Crippen LogP contribution in [0.1, 0.15) is 12.8 Å². The van der Waals surface area contributed by atoms with Gasteiger partial charge >= 0.3 is 5.97 Å². The second-order valence-corrected chi connectivity index (χ2v) is 7.58. The molecule has 2 fully saturated rings. The van der Waals surface area contributed by atoms with E-state index in [-0.39, 0.29) is 41.8 Å². The van der Waals surface area contributed by atoms with Crippen LogP contribution in [0.25, 0.3) is 0 Å². The zero-order chi connectivity index (χ0) is 15.9. The van der Waals surface area contributed by atoms with Crippen LogP contribution in [0.15, 0.2) is 23.4 Å². The lowest BCUT2D eigenvalue weighted by Crippen LogP contribution is -3.00. The van der Waals surface area contributed by atoms with Gasteiger partial charge in [0.1, 0.15) is 17.1 Å². The maximum absolute atomic E-state index is 11.9. The summed E-state index contributed by atoms with van der Waals surface area (Å²) < 4.78 is 1.01. The molecule has 1 amide bonds. The third-order valence-corrected chi connectivity index (χ3v) is 6.08. The van der Waals surface area contributed by atoms with Gasteiger partial charge in [-0.25, -0.2) is 4.79 Å². The van der Waals surface area contributed by atoms with E-state index >= 15 is 0 Å². The van der Waals surface area contributed by atoms with Gasteiger partial charge in [0, 0.05) is 18.6 Å². The number of nitrogens with zero attached hydrogens (tertiary/aromatic N) is 2. The molecule has 0 unspecified atom stereocenters. The number of allylic oxidation sites excluding steroid dienone is 1. The molecule has 0 bridgehead atoms. The Morgan fingerprint density at radius 3 is 2.67 bits per heavy atom. The summed E-state index contributed by atoms with van der Waals surface area (Å²) in [6.45, 7) is 3.24. The lowest BCUT2D eigenvalue weighted by atomic mass is 10.0. The van der Waals surface area contributed by atoms with Crippen molar-refractivity contribution in [3.05, 3.63) is 23.4 Å². The molecule has 0 spiro atoms. The molecule has 0 radical (unpaired) electrons. The van der Waals surface area contributed by atoms with Gasteiger partial charge in [0.05, 0.1) is 26.7 Å². The van der Waals surface area contributed by atoms with E-state index in [9.17, 15) is 14.7 Å². The van der Waals surface area contributed by atoms with E-state index in [0.717, 1.165) is 11.0 Å². The molecule has 6 nitrogen and oxygen atoms in total. The standard InChI is InChI=1S/C15H21N3O3S.2ClH/c1-18(6-2-3-7-18)8-4-5-10-9-22-14-11(16)13(19)17(14)12(10)15(20)21;;/h4-5,11,14H,2-3,6-9,16H2,1H3;2*1H/b5-4+;;/t11-,14-;;/m1../s1. The van der Waals surface area contributed by atoms with Gasteiger partial charge < -0.3 is 27.7 Å². The Kier molecular flexibility index (Phi) is 7.19. The number of fused-ring (bicyclic) bond motifs is 1. The number of thioether (sulfide) groups is 1. The quantitative estimate of drug-likeness (QED) is 0.416. The van der Waals surface area contributed by atoms with Crippen molar-refractivity contribution >= 4 is 36.0 Å². The lowest BCUT2D eigenvalue weighted by molar-refractivity contribution is -0.891. The first kappa shape index (κ1) is 21.3. The van der Waals surface area contributed by atoms with Crippen molar-refractivity contribution in [2.75, 3.05) is 32.4 Å². The van der Waals surface area contributed by atoms with Crippen LogP contribution in [-0.4, -0.2) is 70.2 Å². The number of likely N-dealkylation sites (tertiary alicyclic amines) is 1. The van der Waals surface area contributed by atoms with Gasteiger partial charge in [-0.2, -0.15) is 0 Å². The molecule has 2 atom stereocenters. The molecule has 9 heteroatoms. The van der Waals surface area contributed by atoms with E-state index in [4.69, 9.17) is 5.73 Å². The number of carbonyl (C=O) groups excluding carboxylic acids is 1. The van der Waals surface area contributed by atoms with Crippen LogP contribution in [-0.2, 0) is 9.59 Å². The number of carboxylic acid groups (broad SMARTS) is 1. The number of hydrogen-bond acceptors (Lipinski definition) is 4. The first-order valence-electron chi connectivity index (χ1n) is 7.60. The average Bonchev–Trinajstić information content (AvgIpc) is 2.92. The van der Waals surface area contributed by atoms with E-state index in [1.807, 2.05) is 6.08 Å². The zero-order valence-electron chi connectivity index (χ0n) is 13.5. The second-order valence-electron chi connectivity index (χ2n) is 6.47. The van der Waals surface area contributed by atoms with Crippen LogP contribution in [0.5, 0.6) is 0 Å².